The Morgan fingerprint density at radius 2 is 2.47 bits per heavy atom. The predicted molar refractivity (Wildman–Crippen MR) is 74.0 cm³/mol. The smallest absolute Gasteiger partial charge is 0.158 e. The number of pyridine rings is 1. The van der Waals surface area contributed by atoms with E-state index in [4.69, 9.17) is 10.5 Å². The molecule has 0 aliphatic heterocycles. The molecule has 1 heterocycles. The van der Waals surface area contributed by atoms with Gasteiger partial charge in [-0.05, 0) is 43.7 Å². The van der Waals surface area contributed by atoms with E-state index >= 15 is 0 Å². The Hall–Kier alpha value is -1.26. The van der Waals surface area contributed by atoms with Crippen molar-refractivity contribution in [1.29, 1.82) is 0 Å². The van der Waals surface area contributed by atoms with E-state index in [-0.39, 0.29) is 11.7 Å². The van der Waals surface area contributed by atoms with E-state index in [0.717, 1.165) is 31.4 Å². The minimum atomic E-state index is -0.395. The number of nitrogens with zero attached hydrogens (tertiary/aromatic N) is 1. The highest BCUT2D eigenvalue weighted by atomic mass is 16.5. The molecule has 0 radical (unpaired) electrons. The van der Waals surface area contributed by atoms with Gasteiger partial charge in [0.25, 0.3) is 0 Å². The molecule has 2 N–H and O–H groups in total. The summed E-state index contributed by atoms with van der Waals surface area (Å²) >= 11 is 0. The van der Waals surface area contributed by atoms with Crippen LogP contribution in [0.2, 0.25) is 0 Å². The lowest BCUT2D eigenvalue weighted by Gasteiger charge is -2.25. The summed E-state index contributed by atoms with van der Waals surface area (Å²) in [6.45, 7) is 0.653. The largest absolute Gasteiger partial charge is 0.385 e. The van der Waals surface area contributed by atoms with Gasteiger partial charge in [0.2, 0.25) is 0 Å². The van der Waals surface area contributed by atoms with Crippen molar-refractivity contribution < 1.29 is 9.53 Å². The Kier molecular flexibility index (Phi) is 5.05. The molecule has 4 nitrogen and oxygen atoms in total. The number of aryl methyl sites for hydroxylation is 1. The first kappa shape index (κ1) is 14.2. The molecule has 19 heavy (non-hydrogen) atoms. The van der Waals surface area contributed by atoms with Gasteiger partial charge in [-0.2, -0.15) is 0 Å². The Balaban J connectivity index is 2.04. The monoisotopic (exact) mass is 262 g/mol. The first-order chi connectivity index (χ1) is 9.24. The SMILES string of the molecule is COCCCC(N)C(=O)C1CCCc2cccnc21. The zero-order chi connectivity index (χ0) is 13.7. The van der Waals surface area contributed by atoms with Crippen molar-refractivity contribution in [2.45, 2.75) is 44.1 Å². The highest BCUT2D eigenvalue weighted by molar-refractivity contribution is 5.90. The van der Waals surface area contributed by atoms with E-state index in [1.165, 1.54) is 5.56 Å². The molecule has 2 atom stereocenters. The van der Waals surface area contributed by atoms with Crippen LogP contribution in [0.5, 0.6) is 0 Å². The van der Waals surface area contributed by atoms with Crippen LogP contribution in [0.1, 0.15) is 42.9 Å². The number of hydrogen-bond donors (Lipinski definition) is 1. The van der Waals surface area contributed by atoms with Crippen LogP contribution in [0.4, 0.5) is 0 Å². The van der Waals surface area contributed by atoms with E-state index in [2.05, 4.69) is 11.1 Å². The van der Waals surface area contributed by atoms with Crippen LogP contribution in [0.3, 0.4) is 0 Å². The van der Waals surface area contributed by atoms with E-state index in [1.807, 2.05) is 6.07 Å². The normalized spacial score (nSPS) is 19.8. The van der Waals surface area contributed by atoms with Gasteiger partial charge in [-0.25, -0.2) is 0 Å². The molecule has 0 bridgehead atoms. The fourth-order valence-corrected chi connectivity index (χ4v) is 2.73. The van der Waals surface area contributed by atoms with Gasteiger partial charge in [-0.3, -0.25) is 9.78 Å². The van der Waals surface area contributed by atoms with Crippen LogP contribution in [0.25, 0.3) is 0 Å². The third kappa shape index (κ3) is 3.39. The molecule has 1 aromatic heterocycles. The van der Waals surface area contributed by atoms with E-state index in [9.17, 15) is 4.79 Å². The number of aromatic nitrogens is 1. The Morgan fingerprint density at radius 1 is 1.63 bits per heavy atom. The number of fused-ring (bicyclic) bond motifs is 1. The fourth-order valence-electron chi connectivity index (χ4n) is 2.73. The Morgan fingerprint density at radius 3 is 3.26 bits per heavy atom. The third-order valence-corrected chi connectivity index (χ3v) is 3.77. The van der Waals surface area contributed by atoms with Crippen molar-refractivity contribution in [2.24, 2.45) is 5.73 Å². The summed E-state index contributed by atoms with van der Waals surface area (Å²) in [5.74, 6) is 0.0262. The first-order valence-electron chi connectivity index (χ1n) is 6.96. The number of Topliss-reactive ketones (excluding diaryl/α,β-unsaturated/α-hetero) is 1. The molecular formula is C15H22N2O2. The maximum Gasteiger partial charge on any atom is 0.158 e. The maximum atomic E-state index is 12.4. The van der Waals surface area contributed by atoms with Crippen LogP contribution >= 0.6 is 0 Å². The van der Waals surface area contributed by atoms with Crippen molar-refractivity contribution >= 4 is 5.78 Å². The molecule has 104 valence electrons. The molecule has 0 saturated carbocycles. The van der Waals surface area contributed by atoms with Crippen LogP contribution < -0.4 is 5.73 Å². The van der Waals surface area contributed by atoms with Gasteiger partial charge in [-0.15, -0.1) is 0 Å². The quantitative estimate of drug-likeness (QED) is 0.794. The Bertz CT molecular complexity index is 434. The second-order valence-corrected chi connectivity index (χ2v) is 5.14. The molecule has 0 saturated heterocycles. The number of ether oxygens (including phenoxy) is 1. The van der Waals surface area contributed by atoms with Crippen LogP contribution in [-0.4, -0.2) is 30.5 Å². The van der Waals surface area contributed by atoms with Crippen LogP contribution in [-0.2, 0) is 16.0 Å². The number of carbonyl (C=O) groups is 1. The number of nitrogens with two attached hydrogens (primary N) is 1. The summed E-state index contributed by atoms with van der Waals surface area (Å²) in [5, 5.41) is 0. The third-order valence-electron chi connectivity index (χ3n) is 3.77. The van der Waals surface area contributed by atoms with Gasteiger partial charge >= 0.3 is 0 Å². The van der Waals surface area contributed by atoms with Crippen LogP contribution in [0.15, 0.2) is 18.3 Å². The molecule has 1 aromatic rings. The van der Waals surface area contributed by atoms with Crippen molar-refractivity contribution in [3.63, 3.8) is 0 Å². The lowest BCUT2D eigenvalue weighted by atomic mass is 9.81. The predicted octanol–water partition coefficient (Wildman–Crippen LogP) is 1.82. The molecule has 1 aliphatic carbocycles. The van der Waals surface area contributed by atoms with Gasteiger partial charge in [0, 0.05) is 19.9 Å². The topological polar surface area (TPSA) is 65.2 Å². The van der Waals surface area contributed by atoms with Crippen molar-refractivity contribution in [1.82, 2.24) is 4.98 Å². The van der Waals surface area contributed by atoms with E-state index in [1.54, 1.807) is 13.3 Å². The average molecular weight is 262 g/mol. The lowest BCUT2D eigenvalue weighted by molar-refractivity contribution is -0.122. The van der Waals surface area contributed by atoms with Gasteiger partial charge in [0.1, 0.15) is 0 Å². The zero-order valence-corrected chi connectivity index (χ0v) is 11.5. The molecule has 4 heteroatoms. The molecule has 1 aliphatic rings. The Labute approximate surface area is 114 Å². The summed E-state index contributed by atoms with van der Waals surface area (Å²) in [5.41, 5.74) is 8.16. The summed E-state index contributed by atoms with van der Waals surface area (Å²) in [4.78, 5) is 16.8. The van der Waals surface area contributed by atoms with Gasteiger partial charge in [0.05, 0.1) is 17.7 Å². The average Bonchev–Trinajstić information content (AvgIpc) is 2.46. The number of carbonyl (C=O) groups excluding carboxylic acids is 1. The van der Waals surface area contributed by atoms with Crippen molar-refractivity contribution in [2.75, 3.05) is 13.7 Å². The second-order valence-electron chi connectivity index (χ2n) is 5.14. The molecule has 2 rings (SSSR count). The standard InChI is InChI=1S/C15H22N2O2/c1-19-10-4-8-13(16)15(18)12-7-2-5-11-6-3-9-17-14(11)12/h3,6,9,12-13H,2,4-5,7-8,10,16H2,1H3. The molecule has 0 aromatic carbocycles. The number of rotatable bonds is 6. The molecular weight excluding hydrogens is 240 g/mol. The summed E-state index contributed by atoms with van der Waals surface area (Å²) < 4.78 is 4.99. The highest BCUT2D eigenvalue weighted by Crippen LogP contribution is 2.31. The van der Waals surface area contributed by atoms with Crippen molar-refractivity contribution in [3.05, 3.63) is 29.6 Å². The molecule has 0 fully saturated rings. The summed E-state index contributed by atoms with van der Waals surface area (Å²) in [7, 11) is 1.66. The van der Waals surface area contributed by atoms with Gasteiger partial charge < -0.3 is 10.5 Å². The van der Waals surface area contributed by atoms with E-state index in [0.29, 0.717) is 13.0 Å². The van der Waals surface area contributed by atoms with Gasteiger partial charge in [0.15, 0.2) is 5.78 Å². The molecule has 2 unspecified atom stereocenters. The number of hydrogen-bond acceptors (Lipinski definition) is 4. The zero-order valence-electron chi connectivity index (χ0n) is 11.5. The number of ketones is 1. The fraction of sp³-hybridized carbons (Fsp3) is 0.600. The molecule has 0 amide bonds. The minimum absolute atomic E-state index is 0.109. The van der Waals surface area contributed by atoms with Crippen LogP contribution in [0, 0.1) is 0 Å². The van der Waals surface area contributed by atoms with E-state index < -0.39 is 6.04 Å². The summed E-state index contributed by atoms with van der Waals surface area (Å²) in [6, 6.07) is 3.61. The van der Waals surface area contributed by atoms with Gasteiger partial charge in [-0.1, -0.05) is 6.07 Å². The second kappa shape index (κ2) is 6.78. The van der Waals surface area contributed by atoms with Crippen molar-refractivity contribution in [3.8, 4) is 0 Å². The summed E-state index contributed by atoms with van der Waals surface area (Å²) in [6.07, 6.45) is 6.21. The minimum Gasteiger partial charge on any atom is -0.385 e. The number of methoxy groups -OCH3 is 1. The lowest BCUT2D eigenvalue weighted by Crippen LogP contribution is -2.36. The first-order valence-corrected chi connectivity index (χ1v) is 6.96. The molecule has 0 spiro atoms. The maximum absolute atomic E-state index is 12.4. The highest BCUT2D eigenvalue weighted by Gasteiger charge is 2.30.